The number of rotatable bonds is 8. The number of benzene rings is 2. The highest BCUT2D eigenvalue weighted by molar-refractivity contribution is 7.98. The fraction of sp³-hybridized carbons (Fsp3) is 0.150. The van der Waals surface area contributed by atoms with Crippen molar-refractivity contribution < 1.29 is 13.2 Å². The molecule has 3 aromatic rings. The predicted molar refractivity (Wildman–Crippen MR) is 123 cm³/mol. The molecular formula is C20H22N6O3S2. The van der Waals surface area contributed by atoms with Crippen LogP contribution in [0.4, 0.5) is 23.0 Å². The number of nitrogens with one attached hydrogen (secondary N) is 4. The molecule has 31 heavy (non-hydrogen) atoms. The third-order valence-corrected chi connectivity index (χ3v) is 6.53. The molecule has 0 spiro atoms. The highest BCUT2D eigenvalue weighted by Gasteiger charge is 2.14. The highest BCUT2D eigenvalue weighted by atomic mass is 32.2. The molecule has 1 aromatic heterocycles. The van der Waals surface area contributed by atoms with E-state index >= 15 is 0 Å². The molecule has 0 aliphatic rings. The van der Waals surface area contributed by atoms with Crippen LogP contribution in [0.2, 0.25) is 0 Å². The molecule has 9 nitrogen and oxygen atoms in total. The normalized spacial score (nSPS) is 11.1. The number of hydrogen-bond acceptors (Lipinski definition) is 8. The smallest absolute Gasteiger partial charge is 0.251 e. The standard InChI is InChI=1S/C20H22N6O3S2/c1-21-20(27)13-4-6-14(7-5-13)25-18-11-19(24-12-23-18)26-16-10-15(31(28,29)22-2)8-9-17(16)30-3/h4-12,22H,1-3H3,(H,21,27)(H2,23,24,25,26). The van der Waals surface area contributed by atoms with Crippen LogP contribution in [0, 0.1) is 0 Å². The largest absolute Gasteiger partial charge is 0.355 e. The number of anilines is 4. The molecule has 0 bridgehead atoms. The van der Waals surface area contributed by atoms with E-state index in [9.17, 15) is 13.2 Å². The van der Waals surface area contributed by atoms with Crippen molar-refractivity contribution >= 4 is 50.7 Å². The maximum atomic E-state index is 12.1. The fourth-order valence-corrected chi connectivity index (χ4v) is 3.99. The summed E-state index contributed by atoms with van der Waals surface area (Å²) in [5, 5.41) is 8.89. The lowest BCUT2D eigenvalue weighted by Crippen LogP contribution is -2.18. The second-order valence-electron chi connectivity index (χ2n) is 6.26. The first kappa shape index (κ1) is 22.5. The van der Waals surface area contributed by atoms with Crippen LogP contribution in [-0.4, -0.2) is 44.6 Å². The molecule has 11 heteroatoms. The van der Waals surface area contributed by atoms with Crippen molar-refractivity contribution in [3.63, 3.8) is 0 Å². The molecule has 0 aliphatic carbocycles. The van der Waals surface area contributed by atoms with Crippen LogP contribution >= 0.6 is 11.8 Å². The van der Waals surface area contributed by atoms with E-state index in [-0.39, 0.29) is 10.8 Å². The van der Waals surface area contributed by atoms with Gasteiger partial charge in [0.25, 0.3) is 5.91 Å². The summed E-state index contributed by atoms with van der Waals surface area (Å²) in [5.74, 6) is 0.871. The molecule has 4 N–H and O–H groups in total. The lowest BCUT2D eigenvalue weighted by atomic mass is 10.2. The van der Waals surface area contributed by atoms with Gasteiger partial charge in [-0.05, 0) is 55.8 Å². The Bertz CT molecular complexity index is 1180. The average molecular weight is 459 g/mol. The van der Waals surface area contributed by atoms with Crippen molar-refractivity contribution in [2.45, 2.75) is 9.79 Å². The van der Waals surface area contributed by atoms with Crippen molar-refractivity contribution in [1.29, 1.82) is 0 Å². The second kappa shape index (κ2) is 9.77. The topological polar surface area (TPSA) is 125 Å². The molecule has 0 saturated heterocycles. The second-order valence-corrected chi connectivity index (χ2v) is 9.00. The molecule has 0 fully saturated rings. The highest BCUT2D eigenvalue weighted by Crippen LogP contribution is 2.30. The Kier molecular flexibility index (Phi) is 7.10. The molecule has 0 aliphatic heterocycles. The Balaban J connectivity index is 1.82. The van der Waals surface area contributed by atoms with Gasteiger partial charge < -0.3 is 16.0 Å². The minimum atomic E-state index is -3.57. The van der Waals surface area contributed by atoms with Gasteiger partial charge in [-0.2, -0.15) is 0 Å². The maximum Gasteiger partial charge on any atom is 0.251 e. The number of thioether (sulfide) groups is 1. The van der Waals surface area contributed by atoms with E-state index in [0.29, 0.717) is 22.9 Å². The van der Waals surface area contributed by atoms with Gasteiger partial charge in [0.2, 0.25) is 10.0 Å². The van der Waals surface area contributed by atoms with Gasteiger partial charge in [-0.25, -0.2) is 23.1 Å². The summed E-state index contributed by atoms with van der Waals surface area (Å²) in [5.41, 5.74) is 1.92. The number of aromatic nitrogens is 2. The minimum Gasteiger partial charge on any atom is -0.355 e. The van der Waals surface area contributed by atoms with E-state index in [4.69, 9.17) is 0 Å². The Labute approximate surface area is 185 Å². The van der Waals surface area contributed by atoms with Crippen LogP contribution in [0.15, 0.2) is 64.6 Å². The van der Waals surface area contributed by atoms with Crippen molar-refractivity contribution in [2.24, 2.45) is 0 Å². The molecule has 2 aromatic carbocycles. The molecule has 0 atom stereocenters. The van der Waals surface area contributed by atoms with Gasteiger partial charge in [0.05, 0.1) is 10.6 Å². The van der Waals surface area contributed by atoms with Gasteiger partial charge >= 0.3 is 0 Å². The Morgan fingerprint density at radius 2 is 1.61 bits per heavy atom. The quantitative estimate of drug-likeness (QED) is 0.380. The van der Waals surface area contributed by atoms with Gasteiger partial charge in [0.15, 0.2) is 0 Å². The van der Waals surface area contributed by atoms with Crippen LogP contribution in [0.3, 0.4) is 0 Å². The van der Waals surface area contributed by atoms with E-state index in [0.717, 1.165) is 10.6 Å². The number of hydrogen-bond donors (Lipinski definition) is 4. The van der Waals surface area contributed by atoms with Gasteiger partial charge in [0, 0.05) is 29.3 Å². The van der Waals surface area contributed by atoms with E-state index in [1.165, 1.54) is 25.1 Å². The van der Waals surface area contributed by atoms with Crippen molar-refractivity contribution in [3.8, 4) is 0 Å². The number of carbonyl (C=O) groups excluding carboxylic acids is 1. The SMILES string of the molecule is CNC(=O)c1ccc(Nc2cc(Nc3cc(S(=O)(=O)NC)ccc3SC)ncn2)cc1. The summed E-state index contributed by atoms with van der Waals surface area (Å²) >= 11 is 1.48. The first-order chi connectivity index (χ1) is 14.9. The molecule has 0 radical (unpaired) electrons. The predicted octanol–water partition coefficient (Wildman–Crippen LogP) is 2.95. The van der Waals surface area contributed by atoms with E-state index in [2.05, 4.69) is 30.6 Å². The lowest BCUT2D eigenvalue weighted by molar-refractivity contribution is 0.0963. The van der Waals surface area contributed by atoms with E-state index < -0.39 is 10.0 Å². The van der Waals surface area contributed by atoms with Crippen LogP contribution < -0.4 is 20.7 Å². The summed E-state index contributed by atoms with van der Waals surface area (Å²) in [7, 11) is -0.622. The van der Waals surface area contributed by atoms with Gasteiger partial charge in [-0.1, -0.05) is 0 Å². The number of carbonyl (C=O) groups is 1. The summed E-state index contributed by atoms with van der Waals surface area (Å²) in [6, 6.07) is 13.5. The first-order valence-electron chi connectivity index (χ1n) is 9.16. The Morgan fingerprint density at radius 1 is 0.935 bits per heavy atom. The molecule has 0 unspecified atom stereocenters. The molecular weight excluding hydrogens is 436 g/mol. The van der Waals surface area contributed by atoms with E-state index in [1.807, 2.05) is 6.26 Å². The third kappa shape index (κ3) is 5.51. The minimum absolute atomic E-state index is 0.152. The molecule has 162 valence electrons. The molecule has 0 saturated carbocycles. The first-order valence-corrected chi connectivity index (χ1v) is 11.9. The summed E-state index contributed by atoms with van der Waals surface area (Å²) in [6.07, 6.45) is 3.30. The van der Waals surface area contributed by atoms with Crippen molar-refractivity contribution in [3.05, 3.63) is 60.4 Å². The summed E-state index contributed by atoms with van der Waals surface area (Å²) < 4.78 is 26.6. The average Bonchev–Trinajstić information content (AvgIpc) is 2.79. The molecule has 1 heterocycles. The molecule has 1 amide bonds. The van der Waals surface area contributed by atoms with Crippen LogP contribution in [0.1, 0.15) is 10.4 Å². The summed E-state index contributed by atoms with van der Waals surface area (Å²) in [6.45, 7) is 0. The molecule has 3 rings (SSSR count). The van der Waals surface area contributed by atoms with E-state index in [1.54, 1.807) is 55.6 Å². The number of amides is 1. The summed E-state index contributed by atoms with van der Waals surface area (Å²) in [4.78, 5) is 21.1. The number of sulfonamides is 1. The Hall–Kier alpha value is -3.15. The Morgan fingerprint density at radius 3 is 2.23 bits per heavy atom. The zero-order valence-electron chi connectivity index (χ0n) is 17.1. The van der Waals surface area contributed by atoms with Crippen molar-refractivity contribution in [1.82, 2.24) is 20.0 Å². The maximum absolute atomic E-state index is 12.1. The van der Waals surface area contributed by atoms with Gasteiger partial charge in [-0.3, -0.25) is 4.79 Å². The third-order valence-electron chi connectivity index (χ3n) is 4.33. The van der Waals surface area contributed by atoms with Crippen LogP contribution in [0.5, 0.6) is 0 Å². The van der Waals surface area contributed by atoms with Gasteiger partial charge in [-0.15, -0.1) is 11.8 Å². The monoisotopic (exact) mass is 458 g/mol. The van der Waals surface area contributed by atoms with Gasteiger partial charge in [0.1, 0.15) is 18.0 Å². The van der Waals surface area contributed by atoms with Crippen molar-refractivity contribution in [2.75, 3.05) is 31.0 Å². The van der Waals surface area contributed by atoms with Crippen LogP contribution in [-0.2, 0) is 10.0 Å². The zero-order valence-corrected chi connectivity index (χ0v) is 18.8. The zero-order chi connectivity index (χ0) is 22.4. The fourth-order valence-electron chi connectivity index (χ4n) is 2.70. The lowest BCUT2D eigenvalue weighted by Gasteiger charge is -2.13. The number of nitrogens with zero attached hydrogens (tertiary/aromatic N) is 2. The van der Waals surface area contributed by atoms with Crippen LogP contribution in [0.25, 0.3) is 0 Å².